The van der Waals surface area contributed by atoms with Crippen LogP contribution in [0.25, 0.3) is 0 Å². The molecule has 0 saturated heterocycles. The van der Waals surface area contributed by atoms with Gasteiger partial charge in [-0.25, -0.2) is 9.79 Å². The molecule has 0 radical (unpaired) electrons. The molecule has 1 aliphatic heterocycles. The maximum atomic E-state index is 12.2. The molecule has 0 spiro atoms. The lowest BCUT2D eigenvalue weighted by Crippen LogP contribution is -2.41. The van der Waals surface area contributed by atoms with Gasteiger partial charge in [-0.15, -0.1) is 12.4 Å². The summed E-state index contributed by atoms with van der Waals surface area (Å²) in [7, 11) is 1.52. The van der Waals surface area contributed by atoms with Crippen molar-refractivity contribution >= 4 is 30.1 Å². The summed E-state index contributed by atoms with van der Waals surface area (Å²) >= 11 is 0. The van der Waals surface area contributed by atoms with E-state index >= 15 is 0 Å². The lowest BCUT2D eigenvalue weighted by molar-refractivity contribution is -0.124. The molecule has 1 aromatic rings. The van der Waals surface area contributed by atoms with Crippen LogP contribution in [0.3, 0.4) is 0 Å². The SMILES string of the molecule is COCc1cnc(C2=NC(C)(C(C)C)C(=O)N2)c(C(=O)O)c1.Cl. The first-order chi connectivity index (χ1) is 10.3. The molecule has 1 aromatic heterocycles. The van der Waals surface area contributed by atoms with Gasteiger partial charge >= 0.3 is 5.97 Å². The topological polar surface area (TPSA) is 101 Å². The maximum Gasteiger partial charge on any atom is 0.338 e. The number of methoxy groups -OCH3 is 1. The van der Waals surface area contributed by atoms with Crippen LogP contribution in [0.1, 0.15) is 42.4 Å². The van der Waals surface area contributed by atoms with E-state index in [0.29, 0.717) is 5.56 Å². The fraction of sp³-hybridized carbons (Fsp3) is 0.467. The van der Waals surface area contributed by atoms with Gasteiger partial charge in [-0.1, -0.05) is 13.8 Å². The van der Waals surface area contributed by atoms with Crippen molar-refractivity contribution in [1.29, 1.82) is 0 Å². The highest BCUT2D eigenvalue weighted by Gasteiger charge is 2.43. The molecule has 1 atom stereocenters. The van der Waals surface area contributed by atoms with Crippen LogP contribution in [0, 0.1) is 5.92 Å². The zero-order chi connectivity index (χ0) is 16.5. The number of ether oxygens (including phenoxy) is 1. The second kappa shape index (κ2) is 7.06. The van der Waals surface area contributed by atoms with Crippen molar-refractivity contribution in [3.05, 3.63) is 29.1 Å². The number of carbonyl (C=O) groups is 2. The third-order valence-electron chi connectivity index (χ3n) is 3.87. The number of rotatable bonds is 5. The minimum absolute atomic E-state index is 0. The summed E-state index contributed by atoms with van der Waals surface area (Å²) < 4.78 is 4.98. The maximum absolute atomic E-state index is 12.2. The zero-order valence-electron chi connectivity index (χ0n) is 13.4. The largest absolute Gasteiger partial charge is 0.478 e. The summed E-state index contributed by atoms with van der Waals surface area (Å²) in [5.74, 6) is -1.21. The number of amidine groups is 1. The second-order valence-electron chi connectivity index (χ2n) is 5.69. The molecule has 7 nitrogen and oxygen atoms in total. The number of halogens is 1. The van der Waals surface area contributed by atoms with Crippen LogP contribution in [0.4, 0.5) is 0 Å². The molecule has 23 heavy (non-hydrogen) atoms. The third kappa shape index (κ3) is 3.51. The third-order valence-corrected chi connectivity index (χ3v) is 3.87. The number of aliphatic imine (C=N–C) groups is 1. The molecule has 0 aromatic carbocycles. The lowest BCUT2D eigenvalue weighted by atomic mass is 9.89. The van der Waals surface area contributed by atoms with Gasteiger partial charge in [0.15, 0.2) is 5.84 Å². The van der Waals surface area contributed by atoms with E-state index in [1.54, 1.807) is 6.92 Å². The molecular formula is C15H20ClN3O4. The van der Waals surface area contributed by atoms with E-state index in [-0.39, 0.29) is 47.9 Å². The number of hydrogen-bond acceptors (Lipinski definition) is 5. The van der Waals surface area contributed by atoms with Gasteiger partial charge in [0.1, 0.15) is 11.2 Å². The molecule has 0 saturated carbocycles. The van der Waals surface area contributed by atoms with Gasteiger partial charge in [-0.3, -0.25) is 9.78 Å². The standard InChI is InChI=1S/C15H19N3O4.ClH/c1-8(2)15(3)14(21)17-12(18-15)11-10(13(19)20)5-9(6-16-11)7-22-4;/h5-6,8H,7H2,1-4H3,(H,19,20)(H,17,18,21);1H. The molecule has 126 valence electrons. The summed E-state index contributed by atoms with van der Waals surface area (Å²) in [6.45, 7) is 5.76. The van der Waals surface area contributed by atoms with Gasteiger partial charge in [-0.05, 0) is 24.5 Å². The Balaban J connectivity index is 0.00000264. The number of nitrogens with zero attached hydrogens (tertiary/aromatic N) is 2. The molecule has 0 aliphatic carbocycles. The molecular weight excluding hydrogens is 322 g/mol. The first-order valence-electron chi connectivity index (χ1n) is 6.92. The van der Waals surface area contributed by atoms with E-state index in [1.807, 2.05) is 13.8 Å². The summed E-state index contributed by atoms with van der Waals surface area (Å²) in [6, 6.07) is 1.48. The van der Waals surface area contributed by atoms with Gasteiger partial charge in [0.05, 0.1) is 12.2 Å². The predicted octanol–water partition coefficient (Wildman–Crippen LogP) is 1.64. The number of aromatic carboxylic acids is 1. The zero-order valence-corrected chi connectivity index (χ0v) is 14.2. The lowest BCUT2D eigenvalue weighted by Gasteiger charge is -2.21. The number of carbonyl (C=O) groups excluding carboxylic acids is 1. The quantitative estimate of drug-likeness (QED) is 0.847. The van der Waals surface area contributed by atoms with E-state index in [9.17, 15) is 14.7 Å². The van der Waals surface area contributed by atoms with Gasteiger partial charge < -0.3 is 15.2 Å². The predicted molar refractivity (Wildman–Crippen MR) is 87.1 cm³/mol. The van der Waals surface area contributed by atoms with E-state index in [0.717, 1.165) is 0 Å². The Hall–Kier alpha value is -1.99. The number of hydrogen-bond donors (Lipinski definition) is 2. The molecule has 1 unspecified atom stereocenters. The Morgan fingerprint density at radius 3 is 2.61 bits per heavy atom. The van der Waals surface area contributed by atoms with Gasteiger partial charge in [0.2, 0.25) is 0 Å². The molecule has 1 amide bonds. The summed E-state index contributed by atoms with van der Waals surface area (Å²) in [5.41, 5.74) is -0.135. The van der Waals surface area contributed by atoms with Crippen LogP contribution in [-0.2, 0) is 16.1 Å². The number of amides is 1. The number of carboxylic acids is 1. The summed E-state index contributed by atoms with van der Waals surface area (Å²) in [4.78, 5) is 32.2. The fourth-order valence-electron chi connectivity index (χ4n) is 2.15. The fourth-order valence-corrected chi connectivity index (χ4v) is 2.15. The average molecular weight is 342 g/mol. The molecule has 8 heteroatoms. The number of nitrogens with one attached hydrogen (secondary N) is 1. The van der Waals surface area contributed by atoms with Crippen LogP contribution in [0.15, 0.2) is 17.3 Å². The van der Waals surface area contributed by atoms with Crippen LogP contribution in [0.2, 0.25) is 0 Å². The van der Waals surface area contributed by atoms with Crippen molar-refractivity contribution in [1.82, 2.24) is 10.3 Å². The molecule has 2 heterocycles. The van der Waals surface area contributed by atoms with Crippen molar-refractivity contribution in [2.45, 2.75) is 32.9 Å². The first kappa shape index (κ1) is 19.1. The van der Waals surface area contributed by atoms with Crippen LogP contribution < -0.4 is 5.32 Å². The molecule has 2 N–H and O–H groups in total. The minimum atomic E-state index is -1.13. The van der Waals surface area contributed by atoms with Gasteiger partial charge in [0, 0.05) is 13.3 Å². The number of pyridine rings is 1. The number of carboxylic acid groups (broad SMARTS) is 1. The highest BCUT2D eigenvalue weighted by molar-refractivity contribution is 6.17. The highest BCUT2D eigenvalue weighted by atomic mass is 35.5. The van der Waals surface area contributed by atoms with Crippen LogP contribution in [-0.4, -0.2) is 40.5 Å². The van der Waals surface area contributed by atoms with Gasteiger partial charge in [0.25, 0.3) is 5.91 Å². The highest BCUT2D eigenvalue weighted by Crippen LogP contribution is 2.27. The minimum Gasteiger partial charge on any atom is -0.478 e. The summed E-state index contributed by atoms with van der Waals surface area (Å²) in [6.07, 6.45) is 1.52. The Kier molecular flexibility index (Phi) is 5.85. The molecule has 0 fully saturated rings. The second-order valence-corrected chi connectivity index (χ2v) is 5.69. The van der Waals surface area contributed by atoms with E-state index in [2.05, 4.69) is 15.3 Å². The van der Waals surface area contributed by atoms with E-state index in [4.69, 9.17) is 4.74 Å². The Morgan fingerprint density at radius 2 is 2.13 bits per heavy atom. The van der Waals surface area contributed by atoms with Crippen molar-refractivity contribution in [3.63, 3.8) is 0 Å². The Morgan fingerprint density at radius 1 is 1.48 bits per heavy atom. The Bertz CT molecular complexity index is 660. The van der Waals surface area contributed by atoms with Crippen molar-refractivity contribution in [3.8, 4) is 0 Å². The molecule has 0 bridgehead atoms. The molecule has 2 rings (SSSR count). The monoisotopic (exact) mass is 341 g/mol. The Labute approximate surface area is 140 Å². The van der Waals surface area contributed by atoms with E-state index < -0.39 is 11.5 Å². The summed E-state index contributed by atoms with van der Waals surface area (Å²) in [5, 5.41) is 12.0. The smallest absolute Gasteiger partial charge is 0.338 e. The van der Waals surface area contributed by atoms with Crippen LogP contribution >= 0.6 is 12.4 Å². The van der Waals surface area contributed by atoms with Gasteiger partial charge in [-0.2, -0.15) is 0 Å². The van der Waals surface area contributed by atoms with Crippen molar-refractivity contribution in [2.24, 2.45) is 10.9 Å². The molecule has 1 aliphatic rings. The first-order valence-corrected chi connectivity index (χ1v) is 6.92. The average Bonchev–Trinajstić information content (AvgIpc) is 2.76. The van der Waals surface area contributed by atoms with Crippen LogP contribution in [0.5, 0.6) is 0 Å². The normalized spacial score (nSPS) is 20.0. The van der Waals surface area contributed by atoms with Crippen molar-refractivity contribution in [2.75, 3.05) is 7.11 Å². The van der Waals surface area contributed by atoms with E-state index in [1.165, 1.54) is 19.4 Å². The van der Waals surface area contributed by atoms with Crippen molar-refractivity contribution < 1.29 is 19.4 Å². The number of aromatic nitrogens is 1.